The highest BCUT2D eigenvalue weighted by Gasteiger charge is 2.36. The fraction of sp³-hybridized carbons (Fsp3) is 0.417. The SMILES string of the molecule is C=CCN1CCc2c(CC(C)c3ccc4c(c3)CCNC4(F)F)cc(S)cc2C1. The molecule has 0 radical (unpaired) electrons. The van der Waals surface area contributed by atoms with E-state index in [1.54, 1.807) is 6.07 Å². The van der Waals surface area contributed by atoms with Crippen LogP contribution in [0.3, 0.4) is 0 Å². The third kappa shape index (κ3) is 4.27. The number of halogens is 2. The lowest BCUT2D eigenvalue weighted by molar-refractivity contribution is -0.0468. The molecule has 1 unspecified atom stereocenters. The molecule has 0 amide bonds. The van der Waals surface area contributed by atoms with Gasteiger partial charge in [-0.15, -0.1) is 19.2 Å². The topological polar surface area (TPSA) is 15.3 Å². The molecule has 0 saturated carbocycles. The summed E-state index contributed by atoms with van der Waals surface area (Å²) in [6.45, 7) is 9.21. The largest absolute Gasteiger partial charge is 0.329 e. The molecule has 2 aromatic carbocycles. The van der Waals surface area contributed by atoms with Crippen molar-refractivity contribution in [1.82, 2.24) is 10.2 Å². The van der Waals surface area contributed by atoms with Gasteiger partial charge in [-0.3, -0.25) is 10.2 Å². The van der Waals surface area contributed by atoms with E-state index in [0.717, 1.165) is 48.5 Å². The van der Waals surface area contributed by atoms with Crippen LogP contribution in [0, 0.1) is 0 Å². The number of benzene rings is 2. The molecule has 0 aliphatic carbocycles. The molecule has 0 aromatic heterocycles. The lowest BCUT2D eigenvalue weighted by Gasteiger charge is -2.30. The molecule has 2 nitrogen and oxygen atoms in total. The predicted molar refractivity (Wildman–Crippen MR) is 117 cm³/mol. The molecule has 2 aliphatic heterocycles. The first-order valence-corrected chi connectivity index (χ1v) is 10.7. The van der Waals surface area contributed by atoms with Crippen molar-refractivity contribution in [2.45, 2.75) is 49.6 Å². The summed E-state index contributed by atoms with van der Waals surface area (Å²) in [6, 6.07) is 6.88. The van der Waals surface area contributed by atoms with Gasteiger partial charge in [0.25, 0.3) is 0 Å². The van der Waals surface area contributed by atoms with Crippen molar-refractivity contribution < 1.29 is 8.78 Å². The number of hydrogen-bond donors (Lipinski definition) is 2. The Morgan fingerprint density at radius 2 is 2.07 bits per heavy atom. The molecular formula is C24H28F2N2S. The van der Waals surface area contributed by atoms with E-state index in [2.05, 4.69) is 48.5 Å². The van der Waals surface area contributed by atoms with Gasteiger partial charge in [0.15, 0.2) is 0 Å². The van der Waals surface area contributed by atoms with E-state index in [1.165, 1.54) is 16.7 Å². The summed E-state index contributed by atoms with van der Waals surface area (Å²) in [5, 5.41) is 2.30. The Morgan fingerprint density at radius 3 is 2.86 bits per heavy atom. The first-order valence-electron chi connectivity index (χ1n) is 10.3. The molecule has 0 bridgehead atoms. The van der Waals surface area contributed by atoms with Crippen LogP contribution >= 0.6 is 12.6 Å². The summed E-state index contributed by atoms with van der Waals surface area (Å²) in [5.74, 6) is 0.259. The minimum atomic E-state index is -2.92. The van der Waals surface area contributed by atoms with Crippen LogP contribution in [0.5, 0.6) is 0 Å². The summed E-state index contributed by atoms with van der Waals surface area (Å²) in [7, 11) is 0. The number of fused-ring (bicyclic) bond motifs is 2. The molecule has 29 heavy (non-hydrogen) atoms. The zero-order chi connectivity index (χ0) is 20.6. The van der Waals surface area contributed by atoms with Crippen molar-refractivity contribution in [2.75, 3.05) is 19.6 Å². The van der Waals surface area contributed by atoms with Gasteiger partial charge >= 0.3 is 6.05 Å². The van der Waals surface area contributed by atoms with Crippen molar-refractivity contribution >= 4 is 12.6 Å². The van der Waals surface area contributed by atoms with Gasteiger partial charge in [-0.25, -0.2) is 0 Å². The maximum absolute atomic E-state index is 14.1. The van der Waals surface area contributed by atoms with E-state index in [0.29, 0.717) is 13.0 Å². The van der Waals surface area contributed by atoms with E-state index in [1.807, 2.05) is 18.2 Å². The molecule has 1 atom stereocenters. The van der Waals surface area contributed by atoms with Crippen LogP contribution in [-0.4, -0.2) is 24.5 Å². The predicted octanol–water partition coefficient (Wildman–Crippen LogP) is 5.06. The zero-order valence-electron chi connectivity index (χ0n) is 16.8. The lowest BCUT2D eigenvalue weighted by atomic mass is 9.85. The van der Waals surface area contributed by atoms with Gasteiger partial charge in [0, 0.05) is 36.6 Å². The Hall–Kier alpha value is -1.69. The minimum absolute atomic E-state index is 0.122. The molecule has 2 aromatic rings. The molecule has 0 saturated heterocycles. The molecule has 2 heterocycles. The average Bonchev–Trinajstić information content (AvgIpc) is 2.67. The number of nitrogens with one attached hydrogen (secondary N) is 1. The molecule has 2 aliphatic rings. The first-order chi connectivity index (χ1) is 13.9. The number of hydrogen-bond acceptors (Lipinski definition) is 3. The summed E-state index contributed by atoms with van der Waals surface area (Å²) >= 11 is 4.63. The van der Waals surface area contributed by atoms with E-state index < -0.39 is 6.05 Å². The first kappa shape index (κ1) is 20.6. The van der Waals surface area contributed by atoms with E-state index >= 15 is 0 Å². The second-order valence-electron chi connectivity index (χ2n) is 8.29. The van der Waals surface area contributed by atoms with E-state index in [-0.39, 0.29) is 11.5 Å². The van der Waals surface area contributed by atoms with Crippen molar-refractivity contribution in [2.24, 2.45) is 0 Å². The second kappa shape index (κ2) is 8.21. The van der Waals surface area contributed by atoms with Crippen LogP contribution in [-0.2, 0) is 31.9 Å². The molecule has 0 spiro atoms. The summed E-state index contributed by atoms with van der Waals surface area (Å²) in [5.41, 5.74) is 6.14. The molecule has 1 N–H and O–H groups in total. The third-order valence-electron chi connectivity index (χ3n) is 6.18. The Labute approximate surface area is 177 Å². The van der Waals surface area contributed by atoms with Crippen LogP contribution in [0.1, 0.15) is 46.2 Å². The van der Waals surface area contributed by atoms with Crippen LogP contribution in [0.15, 0.2) is 47.9 Å². The average molecular weight is 415 g/mol. The van der Waals surface area contributed by atoms with Crippen molar-refractivity contribution in [3.63, 3.8) is 0 Å². The Kier molecular flexibility index (Phi) is 5.83. The maximum atomic E-state index is 14.1. The summed E-state index contributed by atoms with van der Waals surface area (Å²) in [6.07, 6.45) is 4.52. The number of nitrogens with zero attached hydrogens (tertiary/aromatic N) is 1. The quantitative estimate of drug-likeness (QED) is 0.404. The molecule has 4 rings (SSSR count). The lowest BCUT2D eigenvalue weighted by Crippen LogP contribution is -2.40. The van der Waals surface area contributed by atoms with Crippen LogP contribution in [0.25, 0.3) is 0 Å². The standard InChI is InChI=1S/C24H28F2N2S/c1-3-9-28-10-7-22-19(13-21(29)14-20(22)15-28)11-16(2)17-4-5-23-18(12-17)6-8-27-24(23,25)26/h3-5,12-14,16,27,29H,1,6-11,15H2,2H3. The van der Waals surface area contributed by atoms with Gasteiger partial charge in [-0.05, 0) is 65.1 Å². The Morgan fingerprint density at radius 1 is 1.24 bits per heavy atom. The number of thiol groups is 1. The van der Waals surface area contributed by atoms with Crippen molar-refractivity contribution in [3.05, 3.63) is 76.4 Å². The zero-order valence-corrected chi connectivity index (χ0v) is 17.7. The monoisotopic (exact) mass is 414 g/mol. The molecule has 154 valence electrons. The van der Waals surface area contributed by atoms with Gasteiger partial charge in [-0.2, -0.15) is 8.78 Å². The fourth-order valence-corrected chi connectivity index (χ4v) is 4.99. The van der Waals surface area contributed by atoms with Gasteiger partial charge in [0.1, 0.15) is 0 Å². The Bertz CT molecular complexity index is 925. The molecule has 0 fully saturated rings. The van der Waals surface area contributed by atoms with E-state index in [9.17, 15) is 8.78 Å². The van der Waals surface area contributed by atoms with Gasteiger partial charge in [0.05, 0.1) is 0 Å². The normalized spacial score (nSPS) is 19.3. The van der Waals surface area contributed by atoms with Gasteiger partial charge < -0.3 is 0 Å². The van der Waals surface area contributed by atoms with E-state index in [4.69, 9.17) is 0 Å². The number of alkyl halides is 2. The highest BCUT2D eigenvalue weighted by atomic mass is 32.1. The maximum Gasteiger partial charge on any atom is 0.329 e. The highest BCUT2D eigenvalue weighted by molar-refractivity contribution is 7.80. The van der Waals surface area contributed by atoms with Gasteiger partial charge in [0.2, 0.25) is 0 Å². The number of rotatable bonds is 5. The van der Waals surface area contributed by atoms with Crippen LogP contribution in [0.2, 0.25) is 0 Å². The van der Waals surface area contributed by atoms with Crippen molar-refractivity contribution in [1.29, 1.82) is 0 Å². The van der Waals surface area contributed by atoms with Crippen molar-refractivity contribution in [3.8, 4) is 0 Å². The fourth-order valence-electron chi connectivity index (χ4n) is 4.68. The Balaban J connectivity index is 1.58. The summed E-state index contributed by atoms with van der Waals surface area (Å²) < 4.78 is 28.1. The summed E-state index contributed by atoms with van der Waals surface area (Å²) in [4.78, 5) is 3.38. The highest BCUT2D eigenvalue weighted by Crippen LogP contribution is 2.35. The molecule has 5 heteroatoms. The van der Waals surface area contributed by atoms with Crippen LogP contribution in [0.4, 0.5) is 8.78 Å². The second-order valence-corrected chi connectivity index (χ2v) is 8.81. The third-order valence-corrected chi connectivity index (χ3v) is 6.44. The van der Waals surface area contributed by atoms with Crippen LogP contribution < -0.4 is 5.32 Å². The molecular weight excluding hydrogens is 386 g/mol. The van der Waals surface area contributed by atoms with Gasteiger partial charge in [-0.1, -0.05) is 31.2 Å². The smallest absolute Gasteiger partial charge is 0.295 e. The minimum Gasteiger partial charge on any atom is -0.295 e.